The van der Waals surface area contributed by atoms with Gasteiger partial charge in [-0.2, -0.15) is 0 Å². The number of rotatable bonds is 11. The summed E-state index contributed by atoms with van der Waals surface area (Å²) in [7, 11) is -2.54. The number of fused-ring (bicyclic) bond motifs is 1. The Balaban J connectivity index is 1.37. The van der Waals surface area contributed by atoms with Crippen LogP contribution in [0.2, 0.25) is 5.02 Å². The van der Waals surface area contributed by atoms with Gasteiger partial charge in [0.1, 0.15) is 5.82 Å². The summed E-state index contributed by atoms with van der Waals surface area (Å²) in [6.07, 6.45) is 3.87. The van der Waals surface area contributed by atoms with Crippen molar-refractivity contribution in [2.24, 2.45) is 0 Å². The van der Waals surface area contributed by atoms with Crippen LogP contribution >= 0.6 is 23.4 Å². The molecule has 44 heavy (non-hydrogen) atoms. The molecule has 0 aliphatic rings. The van der Waals surface area contributed by atoms with Crippen molar-refractivity contribution in [2.75, 3.05) is 13.7 Å². The first kappa shape index (κ1) is 31.4. The van der Waals surface area contributed by atoms with Gasteiger partial charge in [-0.3, -0.25) is 0 Å². The summed E-state index contributed by atoms with van der Waals surface area (Å²) in [5, 5.41) is 1.35. The number of ether oxygens (including phenoxy) is 1. The Bertz CT molecular complexity index is 1920. The maximum atomic E-state index is 13.4. The molecular weight excluding hydrogens is 619 g/mol. The van der Waals surface area contributed by atoms with E-state index in [1.54, 1.807) is 23.9 Å². The number of methoxy groups -OCH3 is 1. The topological polar surface area (TPSA) is 85.4 Å². The van der Waals surface area contributed by atoms with Crippen LogP contribution in [0.15, 0.2) is 108 Å². The zero-order valence-corrected chi connectivity index (χ0v) is 26.0. The lowest BCUT2D eigenvalue weighted by atomic mass is 10.1. The summed E-state index contributed by atoms with van der Waals surface area (Å²) in [4.78, 5) is 16.5. The van der Waals surface area contributed by atoms with Gasteiger partial charge in [-0.25, -0.2) is 27.3 Å². The maximum Gasteiger partial charge on any atom is 0.337 e. The number of benzene rings is 4. The molecule has 1 N–H and O–H groups in total. The quantitative estimate of drug-likeness (QED) is 0.147. The third-order valence-electron chi connectivity index (χ3n) is 6.81. The minimum absolute atomic E-state index is 0.0121. The summed E-state index contributed by atoms with van der Waals surface area (Å²) in [5.41, 5.74) is 4.84. The van der Waals surface area contributed by atoms with Crippen LogP contribution in [0.25, 0.3) is 23.1 Å². The van der Waals surface area contributed by atoms with E-state index >= 15 is 0 Å². The first-order valence-electron chi connectivity index (χ1n) is 13.6. The number of carbonyl (C=O) groups excluding carboxylic acids is 1. The lowest BCUT2D eigenvalue weighted by Gasteiger charge is -2.19. The molecule has 10 heteroatoms. The van der Waals surface area contributed by atoms with Gasteiger partial charge in [0.2, 0.25) is 10.0 Å². The molecule has 0 amide bonds. The Hall–Kier alpha value is -4.02. The third-order valence-corrected chi connectivity index (χ3v) is 9.83. The summed E-state index contributed by atoms with van der Waals surface area (Å²) in [6, 6.07) is 29.2. The molecule has 0 aliphatic heterocycles. The van der Waals surface area contributed by atoms with E-state index in [0.717, 1.165) is 45.4 Å². The second-order valence-electron chi connectivity index (χ2n) is 9.87. The van der Waals surface area contributed by atoms with E-state index in [1.165, 1.54) is 19.2 Å². The predicted molar refractivity (Wildman–Crippen MR) is 176 cm³/mol. The van der Waals surface area contributed by atoms with Crippen LogP contribution in [-0.4, -0.2) is 33.0 Å². The van der Waals surface area contributed by atoms with Crippen LogP contribution in [0, 0.1) is 5.82 Å². The average molecular weight is 647 g/mol. The van der Waals surface area contributed by atoms with Crippen LogP contribution in [-0.2, 0) is 20.5 Å². The summed E-state index contributed by atoms with van der Waals surface area (Å²) in [5.74, 6) is -0.360. The molecule has 1 aromatic heterocycles. The van der Waals surface area contributed by atoms with Crippen molar-refractivity contribution in [3.8, 4) is 0 Å². The van der Waals surface area contributed by atoms with E-state index in [1.807, 2.05) is 78.9 Å². The van der Waals surface area contributed by atoms with E-state index in [4.69, 9.17) is 16.3 Å². The first-order valence-corrected chi connectivity index (χ1v) is 16.5. The third kappa shape index (κ3) is 8.12. The van der Waals surface area contributed by atoms with Gasteiger partial charge in [-0.15, -0.1) is 11.8 Å². The normalized spacial score (nSPS) is 12.4. The van der Waals surface area contributed by atoms with E-state index in [0.29, 0.717) is 16.3 Å². The molecule has 0 saturated carbocycles. The molecule has 4 aromatic carbocycles. The molecule has 5 rings (SSSR count). The standard InChI is InChI=1S/C34H28ClFN2O4S2/c1-42-34(39)26-8-5-24(6-9-26)22-43-33(21-37-44(40,41)31-17-13-29(36)14-18-31)27-4-2-3-23(19-27)7-15-30-16-11-25-10-12-28(35)20-32(25)38-30/h2-20,33,37H,21-22H2,1H3/b15-7+. The second-order valence-corrected chi connectivity index (χ2v) is 13.3. The van der Waals surface area contributed by atoms with Gasteiger partial charge in [-0.1, -0.05) is 66.2 Å². The highest BCUT2D eigenvalue weighted by Crippen LogP contribution is 2.33. The van der Waals surface area contributed by atoms with Crippen molar-refractivity contribution >= 4 is 62.4 Å². The highest BCUT2D eigenvalue weighted by atomic mass is 35.5. The fourth-order valence-electron chi connectivity index (χ4n) is 4.45. The van der Waals surface area contributed by atoms with Gasteiger partial charge in [0.25, 0.3) is 0 Å². The van der Waals surface area contributed by atoms with Gasteiger partial charge in [0.15, 0.2) is 0 Å². The van der Waals surface area contributed by atoms with Crippen molar-refractivity contribution in [3.05, 3.63) is 142 Å². The smallest absolute Gasteiger partial charge is 0.337 e. The highest BCUT2D eigenvalue weighted by Gasteiger charge is 2.19. The molecule has 0 saturated heterocycles. The number of sulfonamides is 1. The lowest BCUT2D eigenvalue weighted by Crippen LogP contribution is -2.27. The van der Waals surface area contributed by atoms with Crippen molar-refractivity contribution in [2.45, 2.75) is 15.9 Å². The molecule has 1 atom stereocenters. The number of halogens is 2. The fourth-order valence-corrected chi connectivity index (χ4v) is 6.90. The number of pyridine rings is 1. The molecule has 6 nitrogen and oxygen atoms in total. The first-order chi connectivity index (χ1) is 21.2. The van der Waals surface area contributed by atoms with E-state index in [2.05, 4.69) is 9.71 Å². The van der Waals surface area contributed by atoms with Crippen LogP contribution in [0.5, 0.6) is 0 Å². The van der Waals surface area contributed by atoms with Crippen molar-refractivity contribution in [1.29, 1.82) is 0 Å². The second kappa shape index (κ2) is 14.2. The van der Waals surface area contributed by atoms with Crippen LogP contribution in [0.3, 0.4) is 0 Å². The highest BCUT2D eigenvalue weighted by molar-refractivity contribution is 7.98. The van der Waals surface area contributed by atoms with Crippen LogP contribution in [0.1, 0.15) is 38.0 Å². The Morgan fingerprint density at radius 2 is 1.73 bits per heavy atom. The number of nitrogens with zero attached hydrogens (tertiary/aromatic N) is 1. The zero-order valence-electron chi connectivity index (χ0n) is 23.6. The minimum atomic E-state index is -3.87. The largest absolute Gasteiger partial charge is 0.465 e. The maximum absolute atomic E-state index is 13.4. The zero-order chi connectivity index (χ0) is 31.1. The van der Waals surface area contributed by atoms with Gasteiger partial charge in [0.05, 0.1) is 28.8 Å². The number of thioether (sulfide) groups is 1. The number of nitrogens with one attached hydrogen (secondary N) is 1. The predicted octanol–water partition coefficient (Wildman–Crippen LogP) is 7.94. The number of esters is 1. The molecule has 1 heterocycles. The minimum Gasteiger partial charge on any atom is -0.465 e. The molecule has 224 valence electrons. The Morgan fingerprint density at radius 3 is 2.48 bits per heavy atom. The summed E-state index contributed by atoms with van der Waals surface area (Å²) >= 11 is 7.70. The fraction of sp³-hybridized carbons (Fsp3) is 0.118. The molecule has 0 spiro atoms. The molecule has 0 fully saturated rings. The monoisotopic (exact) mass is 646 g/mol. The summed E-state index contributed by atoms with van der Waals surface area (Å²) in [6.45, 7) is 0.102. The Morgan fingerprint density at radius 1 is 0.977 bits per heavy atom. The van der Waals surface area contributed by atoms with Gasteiger partial charge in [-0.05, 0) is 77.4 Å². The lowest BCUT2D eigenvalue weighted by molar-refractivity contribution is 0.0600. The summed E-state index contributed by atoms with van der Waals surface area (Å²) < 4.78 is 46.9. The number of hydrogen-bond acceptors (Lipinski definition) is 6. The number of hydrogen-bond donors (Lipinski definition) is 1. The molecule has 5 aromatic rings. The van der Waals surface area contributed by atoms with E-state index in [9.17, 15) is 17.6 Å². The molecule has 0 bridgehead atoms. The molecule has 0 radical (unpaired) electrons. The molecule has 0 aliphatic carbocycles. The Kier molecular flexibility index (Phi) is 10.1. The Labute approximate surface area is 265 Å². The van der Waals surface area contributed by atoms with Crippen molar-refractivity contribution in [1.82, 2.24) is 9.71 Å². The van der Waals surface area contributed by atoms with Crippen LogP contribution in [0.4, 0.5) is 4.39 Å². The van der Waals surface area contributed by atoms with Gasteiger partial charge >= 0.3 is 5.97 Å². The number of carbonyl (C=O) groups is 1. The SMILES string of the molecule is COC(=O)c1ccc(CSC(CNS(=O)(=O)c2ccc(F)cc2)c2cccc(/C=C/c3ccc4ccc(Cl)cc4n3)c2)cc1. The van der Waals surface area contributed by atoms with Crippen molar-refractivity contribution < 1.29 is 22.3 Å². The van der Waals surface area contributed by atoms with Gasteiger partial charge in [0, 0.05) is 28.0 Å². The number of aromatic nitrogens is 1. The van der Waals surface area contributed by atoms with E-state index in [-0.39, 0.29) is 16.7 Å². The molecule has 1 unspecified atom stereocenters. The average Bonchev–Trinajstić information content (AvgIpc) is 3.03. The van der Waals surface area contributed by atoms with Crippen molar-refractivity contribution in [3.63, 3.8) is 0 Å². The van der Waals surface area contributed by atoms with E-state index < -0.39 is 21.8 Å². The van der Waals surface area contributed by atoms with Crippen LogP contribution < -0.4 is 4.72 Å². The molecular formula is C34H28ClFN2O4S2. The van der Waals surface area contributed by atoms with Gasteiger partial charge < -0.3 is 4.74 Å².